The van der Waals surface area contributed by atoms with Crippen molar-refractivity contribution in [3.05, 3.63) is 17.5 Å². The zero-order chi connectivity index (χ0) is 17.0. The molecule has 4 rings (SSSR count). The van der Waals surface area contributed by atoms with Gasteiger partial charge in [-0.3, -0.25) is 5.10 Å². The van der Waals surface area contributed by atoms with Gasteiger partial charge in [0.15, 0.2) is 0 Å². The SMILES string of the molecule is CC[C@]12CC[C@]3(CC)CC(c4[nH]ncc4CN(C)CCNC)(C1)C23. The third-order valence-corrected chi connectivity index (χ3v) is 8.04. The van der Waals surface area contributed by atoms with E-state index < -0.39 is 0 Å². The van der Waals surface area contributed by atoms with E-state index in [2.05, 4.69) is 47.5 Å². The molecule has 1 aromatic heterocycles. The summed E-state index contributed by atoms with van der Waals surface area (Å²) in [5, 5.41) is 11.2. The van der Waals surface area contributed by atoms with Crippen LogP contribution < -0.4 is 5.32 Å². The molecule has 0 aliphatic heterocycles. The second kappa shape index (κ2) is 5.57. The van der Waals surface area contributed by atoms with Crippen molar-refractivity contribution < 1.29 is 0 Å². The standard InChI is InChI=1S/C20H34N4/c1-5-18-7-8-19(6-2)14-20(13-18,17(18)19)16-15(11-22-23-16)12-24(4)10-9-21-3/h11,17,21H,5-10,12-14H2,1-4H3,(H,22,23)/t17?,18-,19+,20?. The first-order chi connectivity index (χ1) is 11.6. The number of nitrogens with zero attached hydrogens (tertiary/aromatic N) is 2. The van der Waals surface area contributed by atoms with Crippen LogP contribution in [0.4, 0.5) is 0 Å². The zero-order valence-corrected chi connectivity index (χ0v) is 15.9. The van der Waals surface area contributed by atoms with E-state index in [1.807, 2.05) is 7.05 Å². The lowest BCUT2D eigenvalue weighted by Gasteiger charge is -2.74. The number of aromatic amines is 1. The summed E-state index contributed by atoms with van der Waals surface area (Å²) in [5.41, 5.74) is 4.65. The highest BCUT2D eigenvalue weighted by Gasteiger charge is 2.80. The van der Waals surface area contributed by atoms with E-state index in [-0.39, 0.29) is 0 Å². The van der Waals surface area contributed by atoms with Crippen molar-refractivity contribution in [2.24, 2.45) is 16.7 Å². The second-order valence-electron chi connectivity index (χ2n) is 8.99. The second-order valence-corrected chi connectivity index (χ2v) is 8.99. The average molecular weight is 331 g/mol. The quantitative estimate of drug-likeness (QED) is 0.768. The molecule has 0 saturated heterocycles. The van der Waals surface area contributed by atoms with Crippen molar-refractivity contribution in [3.63, 3.8) is 0 Å². The van der Waals surface area contributed by atoms with Crippen molar-refractivity contribution in [1.82, 2.24) is 20.4 Å². The van der Waals surface area contributed by atoms with E-state index in [1.54, 1.807) is 0 Å². The Morgan fingerprint density at radius 3 is 2.50 bits per heavy atom. The van der Waals surface area contributed by atoms with E-state index in [1.165, 1.54) is 49.8 Å². The molecule has 4 heteroatoms. The molecule has 1 heterocycles. The van der Waals surface area contributed by atoms with Gasteiger partial charge in [0.2, 0.25) is 0 Å². The predicted octanol–water partition coefficient (Wildman–Crippen LogP) is 3.31. The van der Waals surface area contributed by atoms with Gasteiger partial charge in [-0.05, 0) is 56.5 Å². The lowest BCUT2D eigenvalue weighted by atomic mass is 9.29. The highest BCUT2D eigenvalue weighted by Crippen LogP contribution is 2.85. The molecule has 3 aliphatic carbocycles. The smallest absolute Gasteiger partial charge is 0.0535 e. The van der Waals surface area contributed by atoms with Gasteiger partial charge < -0.3 is 10.2 Å². The molecular weight excluding hydrogens is 296 g/mol. The molecule has 3 fully saturated rings. The van der Waals surface area contributed by atoms with Crippen LogP contribution >= 0.6 is 0 Å². The molecule has 4 nitrogen and oxygen atoms in total. The van der Waals surface area contributed by atoms with Crippen LogP contribution in [0.1, 0.15) is 63.6 Å². The first-order valence-electron chi connectivity index (χ1n) is 9.92. The Hall–Kier alpha value is -0.870. The maximum atomic E-state index is 4.47. The van der Waals surface area contributed by atoms with Gasteiger partial charge in [0.1, 0.15) is 0 Å². The molecule has 0 radical (unpaired) electrons. The fraction of sp³-hybridized carbons (Fsp3) is 0.850. The molecule has 3 aliphatic rings. The van der Waals surface area contributed by atoms with E-state index in [0.29, 0.717) is 16.2 Å². The Morgan fingerprint density at radius 1 is 1.25 bits per heavy atom. The van der Waals surface area contributed by atoms with Gasteiger partial charge in [0, 0.05) is 36.3 Å². The molecule has 134 valence electrons. The lowest BCUT2D eigenvalue weighted by Crippen LogP contribution is -2.70. The summed E-state index contributed by atoms with van der Waals surface area (Å²) in [5.74, 6) is 0.911. The van der Waals surface area contributed by atoms with E-state index in [9.17, 15) is 0 Å². The highest BCUT2D eigenvalue weighted by atomic mass is 15.2. The van der Waals surface area contributed by atoms with Gasteiger partial charge >= 0.3 is 0 Å². The van der Waals surface area contributed by atoms with Crippen molar-refractivity contribution in [2.45, 2.75) is 64.3 Å². The summed E-state index contributed by atoms with van der Waals surface area (Å²) >= 11 is 0. The summed E-state index contributed by atoms with van der Waals surface area (Å²) in [6.07, 6.45) is 10.6. The molecule has 24 heavy (non-hydrogen) atoms. The van der Waals surface area contributed by atoms with Gasteiger partial charge in [-0.15, -0.1) is 0 Å². The molecule has 0 spiro atoms. The fourth-order valence-electron chi connectivity index (χ4n) is 7.12. The predicted molar refractivity (Wildman–Crippen MR) is 97.9 cm³/mol. The Kier molecular flexibility index (Phi) is 3.85. The van der Waals surface area contributed by atoms with E-state index in [0.717, 1.165) is 25.6 Å². The molecule has 3 saturated carbocycles. The maximum Gasteiger partial charge on any atom is 0.0535 e. The van der Waals surface area contributed by atoms with Crippen molar-refractivity contribution in [2.75, 3.05) is 27.2 Å². The summed E-state index contributed by atoms with van der Waals surface area (Å²) < 4.78 is 0. The molecule has 0 aromatic carbocycles. The van der Waals surface area contributed by atoms with Crippen LogP contribution in [0.3, 0.4) is 0 Å². The Bertz CT molecular complexity index is 587. The van der Waals surface area contributed by atoms with E-state index in [4.69, 9.17) is 0 Å². The Labute approximate surface area is 146 Å². The third kappa shape index (κ3) is 1.96. The van der Waals surface area contributed by atoms with Crippen LogP contribution in [-0.4, -0.2) is 42.3 Å². The van der Waals surface area contributed by atoms with E-state index >= 15 is 0 Å². The fourth-order valence-corrected chi connectivity index (χ4v) is 7.12. The first kappa shape index (κ1) is 16.6. The number of hydrogen-bond donors (Lipinski definition) is 2. The maximum absolute atomic E-state index is 4.47. The zero-order valence-electron chi connectivity index (χ0n) is 15.9. The van der Waals surface area contributed by atoms with Crippen LogP contribution in [-0.2, 0) is 12.0 Å². The summed E-state index contributed by atoms with van der Waals surface area (Å²) in [4.78, 5) is 2.41. The largest absolute Gasteiger partial charge is 0.318 e. The minimum atomic E-state index is 0.429. The number of aromatic nitrogens is 2. The third-order valence-electron chi connectivity index (χ3n) is 8.04. The van der Waals surface area contributed by atoms with Gasteiger partial charge in [-0.25, -0.2) is 0 Å². The summed E-state index contributed by atoms with van der Waals surface area (Å²) in [6.45, 7) is 7.98. The van der Waals surface area contributed by atoms with Crippen molar-refractivity contribution in [3.8, 4) is 0 Å². The summed E-state index contributed by atoms with van der Waals surface area (Å²) in [7, 11) is 4.24. The molecule has 2 N–H and O–H groups in total. The Morgan fingerprint density at radius 2 is 1.92 bits per heavy atom. The first-order valence-corrected chi connectivity index (χ1v) is 9.92. The number of rotatable bonds is 8. The minimum absolute atomic E-state index is 0.429. The van der Waals surface area contributed by atoms with Gasteiger partial charge in [0.05, 0.1) is 6.20 Å². The normalized spacial score (nSPS) is 39.6. The van der Waals surface area contributed by atoms with Crippen LogP contribution in [0.2, 0.25) is 0 Å². The van der Waals surface area contributed by atoms with Crippen LogP contribution in [0, 0.1) is 16.7 Å². The molecule has 2 unspecified atom stereocenters. The van der Waals surface area contributed by atoms with Gasteiger partial charge in [-0.1, -0.05) is 26.7 Å². The molecule has 0 amide bonds. The average Bonchev–Trinajstić information content (AvgIpc) is 3.04. The molecular formula is C20H34N4. The van der Waals surface area contributed by atoms with Crippen LogP contribution in [0.5, 0.6) is 0 Å². The van der Waals surface area contributed by atoms with Crippen molar-refractivity contribution >= 4 is 0 Å². The lowest BCUT2D eigenvalue weighted by molar-refractivity contribution is -0.208. The molecule has 0 bridgehead atoms. The van der Waals surface area contributed by atoms with Crippen LogP contribution in [0.25, 0.3) is 0 Å². The summed E-state index contributed by atoms with van der Waals surface area (Å²) in [6, 6.07) is 0. The number of hydrogen-bond acceptors (Lipinski definition) is 3. The highest BCUT2D eigenvalue weighted by molar-refractivity contribution is 5.42. The molecule has 4 atom stereocenters. The molecule has 1 aromatic rings. The van der Waals surface area contributed by atoms with Crippen molar-refractivity contribution in [1.29, 1.82) is 0 Å². The monoisotopic (exact) mass is 330 g/mol. The van der Waals surface area contributed by atoms with Gasteiger partial charge in [-0.2, -0.15) is 5.10 Å². The minimum Gasteiger partial charge on any atom is -0.318 e. The topological polar surface area (TPSA) is 44.0 Å². The Balaban J connectivity index is 1.57. The van der Waals surface area contributed by atoms with Crippen LogP contribution in [0.15, 0.2) is 6.20 Å². The van der Waals surface area contributed by atoms with Gasteiger partial charge in [0.25, 0.3) is 0 Å². The number of likely N-dealkylation sites (N-methyl/N-ethyl adjacent to an activating group) is 2. The number of nitrogens with one attached hydrogen (secondary N) is 2. The number of H-pyrrole nitrogens is 1.